The number of ether oxygens (including phenoxy) is 1. The van der Waals surface area contributed by atoms with Crippen molar-refractivity contribution < 1.29 is 4.74 Å². The van der Waals surface area contributed by atoms with Crippen molar-refractivity contribution in [2.45, 2.75) is 13.3 Å². The number of hydrogen-bond donors (Lipinski definition) is 1. The molecule has 3 nitrogen and oxygen atoms in total. The molecule has 0 bridgehead atoms. The molecule has 0 amide bonds. The normalized spacial score (nSPS) is 10.8. The fourth-order valence-corrected chi connectivity index (χ4v) is 2.22. The minimum absolute atomic E-state index is 0.678. The van der Waals surface area contributed by atoms with E-state index in [9.17, 15) is 0 Å². The van der Waals surface area contributed by atoms with Gasteiger partial charge in [-0.3, -0.25) is 0 Å². The van der Waals surface area contributed by atoms with E-state index in [0.29, 0.717) is 6.61 Å². The number of imidazole rings is 1. The van der Waals surface area contributed by atoms with E-state index in [4.69, 9.17) is 4.74 Å². The predicted molar refractivity (Wildman–Crippen MR) is 76.5 cm³/mol. The first-order valence-electron chi connectivity index (χ1n) is 6.51. The molecule has 0 aliphatic rings. The van der Waals surface area contributed by atoms with E-state index >= 15 is 0 Å². The average molecular weight is 252 g/mol. The molecule has 1 N–H and O–H groups in total. The Morgan fingerprint density at radius 3 is 2.68 bits per heavy atom. The summed E-state index contributed by atoms with van der Waals surface area (Å²) >= 11 is 0. The zero-order valence-electron chi connectivity index (χ0n) is 10.9. The Morgan fingerprint density at radius 2 is 1.84 bits per heavy atom. The number of hydrogen-bond acceptors (Lipinski definition) is 2. The minimum Gasteiger partial charge on any atom is -0.494 e. The Kier molecular flexibility index (Phi) is 3.19. The van der Waals surface area contributed by atoms with Gasteiger partial charge < -0.3 is 9.72 Å². The van der Waals surface area contributed by atoms with Crippen molar-refractivity contribution in [3.63, 3.8) is 0 Å². The van der Waals surface area contributed by atoms with Crippen LogP contribution in [0.25, 0.3) is 11.0 Å². The van der Waals surface area contributed by atoms with Gasteiger partial charge in [0.1, 0.15) is 11.6 Å². The standard InChI is InChI=1S/C16H16N2O/c1-2-19-15-10-6-3-7-12(15)11-16-17-13-8-4-5-9-14(13)18-16/h3-10H,2,11H2,1H3,(H,17,18). The van der Waals surface area contributed by atoms with Crippen LogP contribution in [0.15, 0.2) is 48.5 Å². The molecule has 3 aromatic rings. The quantitative estimate of drug-likeness (QED) is 0.771. The second-order valence-electron chi connectivity index (χ2n) is 4.42. The van der Waals surface area contributed by atoms with E-state index in [0.717, 1.165) is 34.6 Å². The molecule has 19 heavy (non-hydrogen) atoms. The molecule has 3 heteroatoms. The Hall–Kier alpha value is -2.29. The molecule has 1 heterocycles. The molecule has 0 aliphatic carbocycles. The summed E-state index contributed by atoms with van der Waals surface area (Å²) < 4.78 is 5.64. The molecule has 0 atom stereocenters. The van der Waals surface area contributed by atoms with Crippen LogP contribution in [0.4, 0.5) is 0 Å². The van der Waals surface area contributed by atoms with E-state index in [1.807, 2.05) is 49.4 Å². The summed E-state index contributed by atoms with van der Waals surface area (Å²) in [5, 5.41) is 0. The third-order valence-corrected chi connectivity index (χ3v) is 3.07. The van der Waals surface area contributed by atoms with Crippen LogP contribution in [-0.2, 0) is 6.42 Å². The van der Waals surface area contributed by atoms with Crippen molar-refractivity contribution in [3.8, 4) is 5.75 Å². The monoisotopic (exact) mass is 252 g/mol. The highest BCUT2D eigenvalue weighted by Crippen LogP contribution is 2.21. The Bertz CT molecular complexity index is 655. The number of fused-ring (bicyclic) bond motifs is 1. The summed E-state index contributed by atoms with van der Waals surface area (Å²) in [6.45, 7) is 2.68. The van der Waals surface area contributed by atoms with Crippen molar-refractivity contribution in [2.75, 3.05) is 6.61 Å². The summed E-state index contributed by atoms with van der Waals surface area (Å²) in [4.78, 5) is 7.94. The highest BCUT2D eigenvalue weighted by atomic mass is 16.5. The summed E-state index contributed by atoms with van der Waals surface area (Å²) in [6.07, 6.45) is 0.755. The molecule has 0 saturated carbocycles. The zero-order valence-corrected chi connectivity index (χ0v) is 10.9. The molecule has 96 valence electrons. The predicted octanol–water partition coefficient (Wildman–Crippen LogP) is 3.55. The lowest BCUT2D eigenvalue weighted by atomic mass is 10.1. The number of benzene rings is 2. The van der Waals surface area contributed by atoms with E-state index in [-0.39, 0.29) is 0 Å². The van der Waals surface area contributed by atoms with Crippen LogP contribution < -0.4 is 4.74 Å². The average Bonchev–Trinajstić information content (AvgIpc) is 2.83. The van der Waals surface area contributed by atoms with Crippen molar-refractivity contribution in [2.24, 2.45) is 0 Å². The third-order valence-electron chi connectivity index (χ3n) is 3.07. The molecule has 1 aromatic heterocycles. The number of aromatic nitrogens is 2. The number of para-hydroxylation sites is 3. The second kappa shape index (κ2) is 5.14. The summed E-state index contributed by atoms with van der Waals surface area (Å²) in [5.74, 6) is 1.90. The smallest absolute Gasteiger partial charge is 0.122 e. The largest absolute Gasteiger partial charge is 0.494 e. The highest BCUT2D eigenvalue weighted by molar-refractivity contribution is 5.74. The van der Waals surface area contributed by atoms with E-state index < -0.39 is 0 Å². The second-order valence-corrected chi connectivity index (χ2v) is 4.42. The molecule has 0 aliphatic heterocycles. The maximum atomic E-state index is 5.64. The molecule has 0 radical (unpaired) electrons. The van der Waals surface area contributed by atoms with Crippen LogP contribution in [0.3, 0.4) is 0 Å². The number of nitrogens with one attached hydrogen (secondary N) is 1. The molecule has 0 fully saturated rings. The molecular weight excluding hydrogens is 236 g/mol. The van der Waals surface area contributed by atoms with Gasteiger partial charge in [0.15, 0.2) is 0 Å². The summed E-state index contributed by atoms with van der Waals surface area (Å²) in [7, 11) is 0. The van der Waals surface area contributed by atoms with Gasteiger partial charge in [-0.05, 0) is 25.1 Å². The van der Waals surface area contributed by atoms with Gasteiger partial charge in [0.25, 0.3) is 0 Å². The molecular formula is C16H16N2O. The van der Waals surface area contributed by atoms with Gasteiger partial charge in [-0.1, -0.05) is 30.3 Å². The Morgan fingerprint density at radius 1 is 1.05 bits per heavy atom. The third kappa shape index (κ3) is 2.45. The summed E-state index contributed by atoms with van der Waals surface area (Å²) in [5.41, 5.74) is 3.24. The van der Waals surface area contributed by atoms with Gasteiger partial charge in [-0.2, -0.15) is 0 Å². The SMILES string of the molecule is CCOc1ccccc1Cc1nc2ccccc2[nH]1. The van der Waals surface area contributed by atoms with Crippen molar-refractivity contribution >= 4 is 11.0 Å². The first-order chi connectivity index (χ1) is 9.36. The number of aromatic amines is 1. The van der Waals surface area contributed by atoms with Crippen LogP contribution in [0.1, 0.15) is 18.3 Å². The van der Waals surface area contributed by atoms with E-state index in [1.165, 1.54) is 0 Å². The fourth-order valence-electron chi connectivity index (χ4n) is 2.22. The first-order valence-corrected chi connectivity index (χ1v) is 6.51. The van der Waals surface area contributed by atoms with Crippen LogP contribution in [-0.4, -0.2) is 16.6 Å². The Balaban J connectivity index is 1.92. The number of nitrogens with zero attached hydrogens (tertiary/aromatic N) is 1. The number of rotatable bonds is 4. The van der Waals surface area contributed by atoms with Crippen LogP contribution in [0, 0.1) is 0 Å². The van der Waals surface area contributed by atoms with Gasteiger partial charge in [0, 0.05) is 12.0 Å². The van der Waals surface area contributed by atoms with Gasteiger partial charge in [0.2, 0.25) is 0 Å². The lowest BCUT2D eigenvalue weighted by Gasteiger charge is -2.08. The minimum atomic E-state index is 0.678. The van der Waals surface area contributed by atoms with Crippen molar-refractivity contribution in [1.82, 2.24) is 9.97 Å². The van der Waals surface area contributed by atoms with E-state index in [2.05, 4.69) is 16.0 Å². The lowest BCUT2D eigenvalue weighted by Crippen LogP contribution is -1.98. The first kappa shape index (κ1) is 11.8. The molecule has 3 rings (SSSR count). The molecule has 2 aromatic carbocycles. The molecule has 0 saturated heterocycles. The molecule has 0 spiro atoms. The fraction of sp³-hybridized carbons (Fsp3) is 0.188. The lowest BCUT2D eigenvalue weighted by molar-refractivity contribution is 0.337. The number of H-pyrrole nitrogens is 1. The van der Waals surface area contributed by atoms with Gasteiger partial charge >= 0.3 is 0 Å². The van der Waals surface area contributed by atoms with Gasteiger partial charge in [0.05, 0.1) is 17.6 Å². The molecule has 0 unspecified atom stereocenters. The van der Waals surface area contributed by atoms with Crippen molar-refractivity contribution in [3.05, 3.63) is 59.9 Å². The Labute approximate surface area is 112 Å². The van der Waals surface area contributed by atoms with Gasteiger partial charge in [-0.25, -0.2) is 4.98 Å². The summed E-state index contributed by atoms with van der Waals surface area (Å²) in [6, 6.07) is 16.2. The topological polar surface area (TPSA) is 37.9 Å². The highest BCUT2D eigenvalue weighted by Gasteiger charge is 2.07. The van der Waals surface area contributed by atoms with Crippen molar-refractivity contribution in [1.29, 1.82) is 0 Å². The van der Waals surface area contributed by atoms with E-state index in [1.54, 1.807) is 0 Å². The van der Waals surface area contributed by atoms with Crippen LogP contribution in [0.2, 0.25) is 0 Å². The van der Waals surface area contributed by atoms with Crippen LogP contribution >= 0.6 is 0 Å². The zero-order chi connectivity index (χ0) is 13.1. The maximum Gasteiger partial charge on any atom is 0.122 e. The van der Waals surface area contributed by atoms with Crippen LogP contribution in [0.5, 0.6) is 5.75 Å². The maximum absolute atomic E-state index is 5.64. The van der Waals surface area contributed by atoms with Gasteiger partial charge in [-0.15, -0.1) is 0 Å².